The minimum absolute atomic E-state index is 0.120. The number of rotatable bonds is 9. The number of carbonyl (C=O) groups excluding carboxylic acids is 3. The third kappa shape index (κ3) is 6.11. The predicted molar refractivity (Wildman–Crippen MR) is 99.9 cm³/mol. The molecule has 2 aromatic rings. The molecule has 7 nitrogen and oxygen atoms in total. The highest BCUT2D eigenvalue weighted by Crippen LogP contribution is 2.06. The first-order valence-electron chi connectivity index (χ1n) is 8.40. The van der Waals surface area contributed by atoms with Gasteiger partial charge in [0.1, 0.15) is 6.04 Å². The standard InChI is InChI=1S/C20H20N4O3/c21-16(11-14-7-3-1-4-8-14)20(27)24-17(19(26)18(25)13-23-22)12-15-9-5-2-6-10-15/h1-10,13,16-17H,11-12,21H2,(H,24,27)/t16-,17+/m0/s1. The third-order valence-electron chi connectivity index (χ3n) is 3.97. The van der Waals surface area contributed by atoms with E-state index in [1.165, 1.54) is 0 Å². The van der Waals surface area contributed by atoms with Gasteiger partial charge in [0.25, 0.3) is 0 Å². The number of carbonyl (C=O) groups is 3. The van der Waals surface area contributed by atoms with Crippen molar-refractivity contribution in [2.75, 3.05) is 0 Å². The van der Waals surface area contributed by atoms with E-state index in [4.69, 9.17) is 11.3 Å². The second-order valence-electron chi connectivity index (χ2n) is 6.02. The molecule has 0 saturated heterocycles. The molecule has 0 unspecified atom stereocenters. The van der Waals surface area contributed by atoms with Crippen LogP contribution < -0.4 is 11.1 Å². The zero-order valence-electron chi connectivity index (χ0n) is 14.6. The zero-order chi connectivity index (χ0) is 19.6. The van der Waals surface area contributed by atoms with E-state index in [-0.39, 0.29) is 6.42 Å². The van der Waals surface area contributed by atoms with Gasteiger partial charge in [0, 0.05) is 6.42 Å². The van der Waals surface area contributed by atoms with Gasteiger partial charge in [-0.1, -0.05) is 60.7 Å². The number of ketones is 2. The van der Waals surface area contributed by atoms with E-state index in [0.717, 1.165) is 11.1 Å². The Morgan fingerprint density at radius 2 is 1.48 bits per heavy atom. The summed E-state index contributed by atoms with van der Waals surface area (Å²) in [5.74, 6) is -2.42. The van der Waals surface area contributed by atoms with Gasteiger partial charge in [-0.2, -0.15) is 4.79 Å². The van der Waals surface area contributed by atoms with Crippen LogP contribution in [0.4, 0.5) is 0 Å². The summed E-state index contributed by atoms with van der Waals surface area (Å²) in [6.45, 7) is 0. The van der Waals surface area contributed by atoms with Gasteiger partial charge in [0.2, 0.25) is 11.7 Å². The van der Waals surface area contributed by atoms with Gasteiger partial charge in [0.15, 0.2) is 0 Å². The summed E-state index contributed by atoms with van der Waals surface area (Å²) in [5.41, 5.74) is 16.1. The van der Waals surface area contributed by atoms with Crippen LogP contribution in [-0.2, 0) is 27.2 Å². The number of hydrogen-bond donors (Lipinski definition) is 2. The summed E-state index contributed by atoms with van der Waals surface area (Å²) in [4.78, 5) is 39.2. The lowest BCUT2D eigenvalue weighted by molar-refractivity contribution is -0.137. The highest BCUT2D eigenvalue weighted by Gasteiger charge is 2.29. The van der Waals surface area contributed by atoms with Gasteiger partial charge in [-0.05, 0) is 17.5 Å². The van der Waals surface area contributed by atoms with Crippen molar-refractivity contribution in [1.29, 1.82) is 0 Å². The second-order valence-corrected chi connectivity index (χ2v) is 6.02. The maximum atomic E-state index is 12.5. The fraction of sp³-hybridized carbons (Fsp3) is 0.200. The van der Waals surface area contributed by atoms with Crippen LogP contribution in [0, 0.1) is 0 Å². The molecule has 0 bridgehead atoms. The minimum Gasteiger partial charge on any atom is -0.361 e. The molecule has 138 valence electrons. The van der Waals surface area contributed by atoms with Gasteiger partial charge < -0.3 is 16.6 Å². The average molecular weight is 364 g/mol. The Labute approximate surface area is 156 Å². The smallest absolute Gasteiger partial charge is 0.331 e. The van der Waals surface area contributed by atoms with E-state index < -0.39 is 29.6 Å². The van der Waals surface area contributed by atoms with Crippen LogP contribution >= 0.6 is 0 Å². The van der Waals surface area contributed by atoms with Crippen LogP contribution in [0.25, 0.3) is 5.53 Å². The third-order valence-corrected chi connectivity index (χ3v) is 3.97. The number of amides is 1. The van der Waals surface area contributed by atoms with E-state index >= 15 is 0 Å². The summed E-state index contributed by atoms with van der Waals surface area (Å²) >= 11 is 0. The zero-order valence-corrected chi connectivity index (χ0v) is 14.6. The molecule has 0 fully saturated rings. The van der Waals surface area contributed by atoms with E-state index in [2.05, 4.69) is 10.1 Å². The van der Waals surface area contributed by atoms with Crippen molar-refractivity contribution >= 4 is 23.7 Å². The molecule has 0 spiro atoms. The Morgan fingerprint density at radius 3 is 2.00 bits per heavy atom. The number of benzene rings is 2. The molecule has 0 aliphatic rings. The Balaban J connectivity index is 2.12. The molecule has 0 aliphatic carbocycles. The average Bonchev–Trinajstić information content (AvgIpc) is 2.68. The van der Waals surface area contributed by atoms with Crippen LogP contribution in [-0.4, -0.2) is 40.6 Å². The normalized spacial score (nSPS) is 12.3. The number of nitrogens with zero attached hydrogens (tertiary/aromatic N) is 2. The van der Waals surface area contributed by atoms with Gasteiger partial charge in [0.05, 0.1) is 6.04 Å². The largest absolute Gasteiger partial charge is 0.361 e. The van der Waals surface area contributed by atoms with Crippen molar-refractivity contribution in [3.63, 3.8) is 0 Å². The summed E-state index contributed by atoms with van der Waals surface area (Å²) < 4.78 is 0. The summed E-state index contributed by atoms with van der Waals surface area (Å²) in [6.07, 6.45) is 0.926. The first-order chi connectivity index (χ1) is 13.0. The molecule has 2 rings (SSSR count). The van der Waals surface area contributed by atoms with Gasteiger partial charge in [-0.3, -0.25) is 14.4 Å². The molecule has 2 atom stereocenters. The number of hydrogen-bond acceptors (Lipinski definition) is 4. The number of nitrogens with two attached hydrogens (primary N) is 1. The first kappa shape index (κ1) is 19.9. The highest BCUT2D eigenvalue weighted by atomic mass is 16.2. The van der Waals surface area contributed by atoms with E-state index in [0.29, 0.717) is 12.6 Å². The summed E-state index contributed by atoms with van der Waals surface area (Å²) in [7, 11) is 0. The van der Waals surface area contributed by atoms with Gasteiger partial charge >= 0.3 is 12.0 Å². The molecule has 1 amide bonds. The molecule has 0 heterocycles. The molecular weight excluding hydrogens is 344 g/mol. The van der Waals surface area contributed by atoms with Crippen molar-refractivity contribution in [3.05, 3.63) is 77.3 Å². The molecule has 0 radical (unpaired) electrons. The van der Waals surface area contributed by atoms with Crippen molar-refractivity contribution < 1.29 is 19.2 Å². The van der Waals surface area contributed by atoms with Crippen molar-refractivity contribution in [1.82, 2.24) is 5.32 Å². The molecule has 0 aromatic heterocycles. The lowest BCUT2D eigenvalue weighted by Gasteiger charge is -2.19. The maximum absolute atomic E-state index is 12.5. The van der Waals surface area contributed by atoms with Crippen molar-refractivity contribution in [2.24, 2.45) is 5.73 Å². The Morgan fingerprint density at radius 1 is 0.963 bits per heavy atom. The van der Waals surface area contributed by atoms with Crippen LogP contribution in [0.15, 0.2) is 60.7 Å². The second kappa shape index (κ2) is 9.91. The van der Waals surface area contributed by atoms with Crippen LogP contribution in [0.5, 0.6) is 0 Å². The number of nitrogens with one attached hydrogen (secondary N) is 1. The van der Waals surface area contributed by atoms with E-state index in [9.17, 15) is 14.4 Å². The molecule has 27 heavy (non-hydrogen) atoms. The molecular formula is C20H20N4O3. The van der Waals surface area contributed by atoms with Gasteiger partial charge in [-0.25, -0.2) is 0 Å². The Kier molecular flexibility index (Phi) is 7.31. The SMILES string of the molecule is [N-]=[N+]=CC(=O)C(=O)[C@@H](Cc1ccccc1)NC(=O)[C@@H](N)Cc1ccccc1. The molecule has 0 aliphatic heterocycles. The molecule has 2 aromatic carbocycles. The van der Waals surface area contributed by atoms with Crippen molar-refractivity contribution in [3.8, 4) is 0 Å². The van der Waals surface area contributed by atoms with Gasteiger partial charge in [-0.15, -0.1) is 0 Å². The fourth-order valence-electron chi connectivity index (χ4n) is 2.59. The summed E-state index contributed by atoms with van der Waals surface area (Å²) in [5, 5.41) is 2.55. The molecule has 7 heteroatoms. The molecule has 3 N–H and O–H groups in total. The molecule has 0 saturated carbocycles. The Hall–Kier alpha value is -3.41. The lowest BCUT2D eigenvalue weighted by Crippen LogP contribution is -2.51. The number of Topliss-reactive ketones (excluding diaryl/α,β-unsaturated/α-hetero) is 2. The Bertz CT molecular complexity index is 846. The minimum atomic E-state index is -1.10. The highest BCUT2D eigenvalue weighted by molar-refractivity contribution is 6.59. The fourth-order valence-corrected chi connectivity index (χ4v) is 2.59. The van der Waals surface area contributed by atoms with E-state index in [1.54, 1.807) is 24.3 Å². The predicted octanol–water partition coefficient (Wildman–Crippen LogP) is 0.723. The topological polar surface area (TPSA) is 126 Å². The maximum Gasteiger partial charge on any atom is 0.331 e. The van der Waals surface area contributed by atoms with Crippen molar-refractivity contribution in [2.45, 2.75) is 24.9 Å². The quantitative estimate of drug-likeness (QED) is 0.294. The van der Waals surface area contributed by atoms with Crippen LogP contribution in [0.1, 0.15) is 11.1 Å². The van der Waals surface area contributed by atoms with Crippen LogP contribution in [0.2, 0.25) is 0 Å². The lowest BCUT2D eigenvalue weighted by atomic mass is 9.99. The van der Waals surface area contributed by atoms with Crippen LogP contribution in [0.3, 0.4) is 0 Å². The monoisotopic (exact) mass is 364 g/mol. The first-order valence-corrected chi connectivity index (χ1v) is 8.40. The summed E-state index contributed by atoms with van der Waals surface area (Å²) in [6, 6.07) is 16.2. The van der Waals surface area contributed by atoms with E-state index in [1.807, 2.05) is 36.4 Å².